The summed E-state index contributed by atoms with van der Waals surface area (Å²) in [5.74, 6) is -0.878. The van der Waals surface area contributed by atoms with Gasteiger partial charge in [-0.1, -0.05) is 19.4 Å². The van der Waals surface area contributed by atoms with E-state index in [1.165, 1.54) is 14.2 Å². The fraction of sp³-hybridized carbons (Fsp3) is 0.800. The summed E-state index contributed by atoms with van der Waals surface area (Å²) in [6.07, 6.45) is 5.98. The molecule has 1 saturated heterocycles. The zero-order valence-electron chi connectivity index (χ0n) is 19.4. The average Bonchev–Trinajstić information content (AvgIpc) is 3.43. The van der Waals surface area contributed by atoms with Gasteiger partial charge in [0, 0.05) is 29.6 Å². The Morgan fingerprint density at radius 3 is 2.66 bits per heavy atom. The van der Waals surface area contributed by atoms with Gasteiger partial charge in [-0.15, -0.1) is 0 Å². The van der Waals surface area contributed by atoms with Gasteiger partial charge in [0.25, 0.3) is 0 Å². The minimum Gasteiger partial charge on any atom is -0.469 e. The first-order chi connectivity index (χ1) is 15.1. The van der Waals surface area contributed by atoms with Crippen LogP contribution >= 0.6 is 0 Å². The second-order valence-corrected chi connectivity index (χ2v) is 11.1. The highest BCUT2D eigenvalue weighted by atomic mass is 16.6. The van der Waals surface area contributed by atoms with Gasteiger partial charge in [-0.25, -0.2) is 0 Å². The second kappa shape index (κ2) is 6.89. The second-order valence-electron chi connectivity index (χ2n) is 11.1. The Morgan fingerprint density at radius 1 is 1.22 bits per heavy atom. The summed E-state index contributed by atoms with van der Waals surface area (Å²) in [7, 11) is 2.78. The molecule has 1 heterocycles. The number of methoxy groups -OCH3 is 2. The van der Waals surface area contributed by atoms with Crippen molar-refractivity contribution in [3.63, 3.8) is 0 Å². The van der Waals surface area contributed by atoms with Gasteiger partial charge >= 0.3 is 11.9 Å². The maximum absolute atomic E-state index is 13.0. The standard InChI is InChI=1S/C25H34O7/c1-22-8-5-15(26)11-14(22)12-16(21(28)31-4)20-17-6-9-24(29,10-7-19(27)30-3)23(17,2)13-18-25(20,22)32-18/h11,16-18,20,29H,5-10,12-13H2,1-4H3/t16?,17-,18+,20-,22-,23-,24+,25?/m0/s1. The first kappa shape index (κ1) is 22.1. The number of ether oxygens (including phenoxy) is 3. The van der Waals surface area contributed by atoms with Crippen LogP contribution in [0.15, 0.2) is 11.6 Å². The van der Waals surface area contributed by atoms with E-state index < -0.39 is 22.5 Å². The van der Waals surface area contributed by atoms with Crippen LogP contribution in [0.1, 0.15) is 65.2 Å². The molecule has 7 nitrogen and oxygen atoms in total. The summed E-state index contributed by atoms with van der Waals surface area (Å²) in [6.45, 7) is 4.31. The van der Waals surface area contributed by atoms with Gasteiger partial charge in [0.05, 0.1) is 31.8 Å². The molecule has 8 atom stereocenters. The first-order valence-electron chi connectivity index (χ1n) is 11.8. The lowest BCUT2D eigenvalue weighted by molar-refractivity contribution is -0.163. The predicted octanol–water partition coefficient (Wildman–Crippen LogP) is 2.73. The number of esters is 2. The molecule has 1 spiro atoms. The van der Waals surface area contributed by atoms with Crippen LogP contribution < -0.4 is 0 Å². The number of carbonyl (C=O) groups is 3. The zero-order valence-corrected chi connectivity index (χ0v) is 19.4. The number of rotatable bonds is 4. The molecule has 0 aromatic rings. The van der Waals surface area contributed by atoms with Crippen molar-refractivity contribution < 1.29 is 33.7 Å². The van der Waals surface area contributed by atoms with E-state index in [0.29, 0.717) is 32.1 Å². The Morgan fingerprint density at radius 2 is 1.97 bits per heavy atom. The van der Waals surface area contributed by atoms with E-state index in [1.807, 2.05) is 0 Å². The van der Waals surface area contributed by atoms with Crippen molar-refractivity contribution in [2.75, 3.05) is 14.2 Å². The van der Waals surface area contributed by atoms with Gasteiger partial charge in [0.2, 0.25) is 0 Å². The fourth-order valence-corrected chi connectivity index (χ4v) is 8.32. The van der Waals surface area contributed by atoms with Crippen molar-refractivity contribution in [3.05, 3.63) is 11.6 Å². The number of carbonyl (C=O) groups excluding carboxylic acids is 3. The molecular weight excluding hydrogens is 412 g/mol. The Kier molecular flexibility index (Phi) is 4.75. The maximum Gasteiger partial charge on any atom is 0.309 e. The van der Waals surface area contributed by atoms with Crippen LogP contribution in [0.4, 0.5) is 0 Å². The molecule has 4 fully saturated rings. The zero-order chi connectivity index (χ0) is 23.1. The van der Waals surface area contributed by atoms with Crippen molar-refractivity contribution in [1.29, 1.82) is 0 Å². The molecule has 0 radical (unpaired) electrons. The van der Waals surface area contributed by atoms with Crippen LogP contribution in [0, 0.1) is 28.6 Å². The first-order valence-corrected chi connectivity index (χ1v) is 11.8. The smallest absolute Gasteiger partial charge is 0.309 e. The molecule has 7 heteroatoms. The van der Waals surface area contributed by atoms with E-state index in [9.17, 15) is 19.5 Å². The number of fused-ring (bicyclic) bond motifs is 3. The lowest BCUT2D eigenvalue weighted by atomic mass is 9.43. The van der Waals surface area contributed by atoms with Crippen molar-refractivity contribution in [2.24, 2.45) is 28.6 Å². The highest BCUT2D eigenvalue weighted by molar-refractivity contribution is 5.92. The Labute approximate surface area is 188 Å². The highest BCUT2D eigenvalue weighted by Crippen LogP contribution is 2.77. The third kappa shape index (κ3) is 2.58. The quantitative estimate of drug-likeness (QED) is 0.523. The van der Waals surface area contributed by atoms with Crippen LogP contribution in [-0.2, 0) is 28.6 Å². The van der Waals surface area contributed by atoms with Crippen molar-refractivity contribution in [2.45, 2.75) is 82.5 Å². The molecule has 5 rings (SSSR count). The van der Waals surface area contributed by atoms with Gasteiger partial charge in [0.1, 0.15) is 5.60 Å². The monoisotopic (exact) mass is 446 g/mol. The Bertz CT molecular complexity index is 910. The van der Waals surface area contributed by atoms with E-state index in [0.717, 1.165) is 18.4 Å². The molecule has 176 valence electrons. The third-order valence-electron chi connectivity index (χ3n) is 10.2. The molecule has 32 heavy (non-hydrogen) atoms. The molecule has 0 aromatic carbocycles. The van der Waals surface area contributed by atoms with Crippen LogP contribution in [-0.4, -0.2) is 54.4 Å². The number of ketones is 1. The van der Waals surface area contributed by atoms with Crippen LogP contribution in [0.3, 0.4) is 0 Å². The number of hydrogen-bond donors (Lipinski definition) is 1. The van der Waals surface area contributed by atoms with E-state index in [1.54, 1.807) is 6.08 Å². The van der Waals surface area contributed by atoms with Gasteiger partial charge in [0.15, 0.2) is 5.78 Å². The van der Waals surface area contributed by atoms with Crippen molar-refractivity contribution >= 4 is 17.7 Å². The topological polar surface area (TPSA) is 102 Å². The lowest BCUT2D eigenvalue weighted by Gasteiger charge is -2.58. The van der Waals surface area contributed by atoms with Gasteiger partial charge in [-0.3, -0.25) is 14.4 Å². The van der Waals surface area contributed by atoms with E-state index in [4.69, 9.17) is 14.2 Å². The molecule has 0 bridgehead atoms. The van der Waals surface area contributed by atoms with Crippen LogP contribution in [0.25, 0.3) is 0 Å². The summed E-state index contributed by atoms with van der Waals surface area (Å²) in [6, 6.07) is 0. The maximum atomic E-state index is 13.0. The summed E-state index contributed by atoms with van der Waals surface area (Å²) in [4.78, 5) is 37.1. The molecule has 0 amide bonds. The Hall–Kier alpha value is -1.73. The number of aliphatic hydroxyl groups is 1. The molecule has 5 aliphatic rings. The number of epoxide rings is 1. The van der Waals surface area contributed by atoms with Gasteiger partial charge in [-0.2, -0.15) is 0 Å². The van der Waals surface area contributed by atoms with Gasteiger partial charge < -0.3 is 19.3 Å². The minimum atomic E-state index is -1.01. The minimum absolute atomic E-state index is 0.0731. The van der Waals surface area contributed by atoms with Crippen molar-refractivity contribution in [1.82, 2.24) is 0 Å². The summed E-state index contributed by atoms with van der Waals surface area (Å²) in [5, 5.41) is 11.8. The molecule has 3 saturated carbocycles. The fourth-order valence-electron chi connectivity index (χ4n) is 8.32. The highest BCUT2D eigenvalue weighted by Gasteiger charge is 2.82. The summed E-state index contributed by atoms with van der Waals surface area (Å²) in [5.41, 5.74) is -1.23. The predicted molar refractivity (Wildman–Crippen MR) is 113 cm³/mol. The third-order valence-corrected chi connectivity index (χ3v) is 10.2. The molecule has 4 aliphatic carbocycles. The largest absolute Gasteiger partial charge is 0.469 e. The van der Waals surface area contributed by atoms with E-state index in [-0.39, 0.29) is 47.5 Å². The normalized spacial score (nSPS) is 48.5. The Balaban J connectivity index is 1.56. The molecule has 0 aromatic heterocycles. The van der Waals surface area contributed by atoms with Crippen LogP contribution in [0.5, 0.6) is 0 Å². The van der Waals surface area contributed by atoms with E-state index >= 15 is 0 Å². The van der Waals surface area contributed by atoms with Crippen LogP contribution in [0.2, 0.25) is 0 Å². The summed E-state index contributed by atoms with van der Waals surface area (Å²) >= 11 is 0. The number of hydrogen-bond acceptors (Lipinski definition) is 7. The van der Waals surface area contributed by atoms with Crippen molar-refractivity contribution in [3.8, 4) is 0 Å². The summed E-state index contributed by atoms with van der Waals surface area (Å²) < 4.78 is 16.6. The molecule has 1 aliphatic heterocycles. The van der Waals surface area contributed by atoms with Gasteiger partial charge in [-0.05, 0) is 50.5 Å². The lowest BCUT2D eigenvalue weighted by Crippen LogP contribution is -2.63. The SMILES string of the molecule is COC(=O)CC[C@]1(O)CC[C@H]2[C@@H]3C(C(=O)OC)CC4=CC(=O)CC[C@]4(C)C34O[C@@H]4C[C@@]21C. The molecular formula is C25H34O7. The average molecular weight is 447 g/mol. The molecule has 1 N–H and O–H groups in total. The van der Waals surface area contributed by atoms with E-state index in [2.05, 4.69) is 13.8 Å². The molecule has 2 unspecified atom stereocenters.